The van der Waals surface area contributed by atoms with E-state index in [-0.39, 0.29) is 11.5 Å². The summed E-state index contributed by atoms with van der Waals surface area (Å²) in [6, 6.07) is 4.56. The van der Waals surface area contributed by atoms with Gasteiger partial charge in [0, 0.05) is 11.8 Å². The normalized spacial score (nSPS) is 14.0. The molecule has 154 valence electrons. The van der Waals surface area contributed by atoms with Crippen LogP contribution in [0.2, 0.25) is 0 Å². The van der Waals surface area contributed by atoms with Gasteiger partial charge in [0.2, 0.25) is 5.91 Å². The number of amides is 2. The lowest BCUT2D eigenvalue weighted by molar-refractivity contribution is -0.118. The first-order chi connectivity index (χ1) is 13.9. The van der Waals surface area contributed by atoms with Crippen LogP contribution in [0, 0.1) is 5.92 Å². The Morgan fingerprint density at radius 2 is 1.93 bits per heavy atom. The molecule has 1 aromatic heterocycles. The van der Waals surface area contributed by atoms with Gasteiger partial charge in [-0.25, -0.2) is 9.97 Å². The fraction of sp³-hybridized carbons (Fsp3) is 0.368. The lowest BCUT2D eigenvalue weighted by Gasteiger charge is -2.17. The van der Waals surface area contributed by atoms with Gasteiger partial charge in [-0.2, -0.15) is 0 Å². The lowest BCUT2D eigenvalue weighted by atomic mass is 10.1. The van der Waals surface area contributed by atoms with Gasteiger partial charge in [-0.3, -0.25) is 9.59 Å². The number of methoxy groups -OCH3 is 2. The van der Waals surface area contributed by atoms with Gasteiger partial charge in [-0.05, 0) is 24.5 Å². The van der Waals surface area contributed by atoms with Crippen LogP contribution in [-0.4, -0.2) is 42.0 Å². The predicted molar refractivity (Wildman–Crippen MR) is 107 cm³/mol. The van der Waals surface area contributed by atoms with Crippen molar-refractivity contribution in [3.8, 4) is 11.5 Å². The summed E-state index contributed by atoms with van der Waals surface area (Å²) >= 11 is 0. The quantitative estimate of drug-likeness (QED) is 0.466. The monoisotopic (exact) mass is 400 g/mol. The van der Waals surface area contributed by atoms with E-state index in [1.54, 1.807) is 18.2 Å². The third-order valence-corrected chi connectivity index (χ3v) is 4.58. The number of primary amides is 2. The summed E-state index contributed by atoms with van der Waals surface area (Å²) in [6.45, 7) is 0. The summed E-state index contributed by atoms with van der Waals surface area (Å²) < 4.78 is 10.5. The largest absolute Gasteiger partial charge is 0.493 e. The second-order valence-electron chi connectivity index (χ2n) is 6.79. The number of ether oxygens (including phenoxy) is 2. The maximum Gasteiger partial charge on any atom is 0.271 e. The molecular formula is C19H24N6O4. The second kappa shape index (κ2) is 8.63. The Balaban J connectivity index is 1.87. The van der Waals surface area contributed by atoms with Crippen LogP contribution >= 0.6 is 0 Å². The second-order valence-corrected chi connectivity index (χ2v) is 6.79. The van der Waals surface area contributed by atoms with Crippen molar-refractivity contribution in [1.29, 1.82) is 0 Å². The van der Waals surface area contributed by atoms with E-state index in [0.29, 0.717) is 35.3 Å². The topological polar surface area (TPSA) is 154 Å². The smallest absolute Gasteiger partial charge is 0.271 e. The molecule has 1 unspecified atom stereocenters. The molecule has 0 aliphatic heterocycles. The number of rotatable bonds is 10. The maximum atomic E-state index is 11.8. The Kier molecular flexibility index (Phi) is 6.01. The number of benzene rings is 1. The minimum absolute atomic E-state index is 0.0387. The molecule has 3 rings (SSSR count). The van der Waals surface area contributed by atoms with Gasteiger partial charge in [0.25, 0.3) is 5.91 Å². The molecule has 0 radical (unpaired) electrons. The minimum Gasteiger partial charge on any atom is -0.493 e. The molecule has 0 bridgehead atoms. The van der Waals surface area contributed by atoms with E-state index in [1.165, 1.54) is 20.4 Å². The molecule has 10 nitrogen and oxygen atoms in total. The van der Waals surface area contributed by atoms with Gasteiger partial charge in [0.05, 0.1) is 20.4 Å². The van der Waals surface area contributed by atoms with E-state index >= 15 is 0 Å². The average molecular weight is 400 g/mol. The van der Waals surface area contributed by atoms with E-state index in [9.17, 15) is 9.59 Å². The van der Waals surface area contributed by atoms with E-state index in [2.05, 4.69) is 20.6 Å². The molecule has 1 aromatic carbocycles. The number of hydrogen-bond acceptors (Lipinski definition) is 8. The zero-order chi connectivity index (χ0) is 21.0. The van der Waals surface area contributed by atoms with Crippen molar-refractivity contribution in [2.45, 2.75) is 25.3 Å². The summed E-state index contributed by atoms with van der Waals surface area (Å²) in [4.78, 5) is 32.0. The minimum atomic E-state index is -0.739. The van der Waals surface area contributed by atoms with E-state index in [1.807, 2.05) is 0 Å². The van der Waals surface area contributed by atoms with Gasteiger partial charge in [-0.15, -0.1) is 0 Å². The lowest BCUT2D eigenvalue weighted by Crippen LogP contribution is -2.36. The Morgan fingerprint density at radius 1 is 1.21 bits per heavy atom. The summed E-state index contributed by atoms with van der Waals surface area (Å²) in [7, 11) is 3.05. The SMILES string of the molecule is COc1ccc(Nc2nc(NC(CC3CC3)C(N)=O)cnc2C(N)=O)cc1OC. The van der Waals surface area contributed by atoms with Gasteiger partial charge < -0.3 is 31.6 Å². The summed E-state index contributed by atoms with van der Waals surface area (Å²) in [5.74, 6) is 0.787. The maximum absolute atomic E-state index is 11.8. The number of aromatic nitrogens is 2. The first kappa shape index (κ1) is 20.2. The van der Waals surface area contributed by atoms with Crippen LogP contribution < -0.4 is 31.6 Å². The zero-order valence-corrected chi connectivity index (χ0v) is 16.3. The first-order valence-electron chi connectivity index (χ1n) is 9.13. The number of nitrogens with one attached hydrogen (secondary N) is 2. The molecule has 1 saturated carbocycles. The van der Waals surface area contributed by atoms with E-state index < -0.39 is 17.9 Å². The molecular weight excluding hydrogens is 376 g/mol. The van der Waals surface area contributed by atoms with Crippen molar-refractivity contribution in [3.63, 3.8) is 0 Å². The third-order valence-electron chi connectivity index (χ3n) is 4.58. The van der Waals surface area contributed by atoms with Crippen LogP contribution in [0.1, 0.15) is 29.8 Å². The van der Waals surface area contributed by atoms with Crippen molar-refractivity contribution in [1.82, 2.24) is 9.97 Å². The average Bonchev–Trinajstić information content (AvgIpc) is 3.51. The summed E-state index contributed by atoms with van der Waals surface area (Å²) in [5.41, 5.74) is 11.5. The van der Waals surface area contributed by atoms with Crippen LogP contribution in [0.4, 0.5) is 17.3 Å². The number of nitrogens with zero attached hydrogens (tertiary/aromatic N) is 2. The van der Waals surface area contributed by atoms with Crippen molar-refractivity contribution in [2.24, 2.45) is 17.4 Å². The van der Waals surface area contributed by atoms with Crippen molar-refractivity contribution in [2.75, 3.05) is 24.9 Å². The molecule has 0 saturated heterocycles. The number of hydrogen-bond donors (Lipinski definition) is 4. The highest BCUT2D eigenvalue weighted by Crippen LogP contribution is 2.34. The van der Waals surface area contributed by atoms with Crippen molar-refractivity contribution >= 4 is 29.1 Å². The molecule has 1 fully saturated rings. The molecule has 1 aliphatic carbocycles. The van der Waals surface area contributed by atoms with Crippen LogP contribution in [0.5, 0.6) is 11.5 Å². The highest BCUT2D eigenvalue weighted by molar-refractivity contribution is 5.96. The predicted octanol–water partition coefficient (Wildman–Crippen LogP) is 1.40. The van der Waals surface area contributed by atoms with Crippen molar-refractivity contribution < 1.29 is 19.1 Å². The standard InChI is InChI=1S/C19H24N6O4/c1-28-13-6-5-11(8-14(13)29-2)23-19-16(18(21)27)22-9-15(25-19)24-12(17(20)26)7-10-3-4-10/h5-6,8-10,12H,3-4,7H2,1-2H3,(H2,20,26)(H2,21,27)(H2,23,24,25). The number of carbonyl (C=O) groups excluding carboxylic acids is 2. The molecule has 0 spiro atoms. The molecule has 29 heavy (non-hydrogen) atoms. The number of anilines is 3. The molecule has 1 heterocycles. The van der Waals surface area contributed by atoms with Gasteiger partial charge >= 0.3 is 0 Å². The Bertz CT molecular complexity index is 916. The molecule has 1 aliphatic rings. The highest BCUT2D eigenvalue weighted by Gasteiger charge is 2.28. The number of nitrogens with two attached hydrogens (primary N) is 2. The van der Waals surface area contributed by atoms with Gasteiger partial charge in [-0.1, -0.05) is 12.8 Å². The Labute approximate surface area is 168 Å². The first-order valence-corrected chi connectivity index (χ1v) is 9.13. The Hall–Kier alpha value is -3.56. The van der Waals surface area contributed by atoms with Gasteiger partial charge in [0.1, 0.15) is 11.9 Å². The fourth-order valence-corrected chi connectivity index (χ4v) is 2.89. The van der Waals surface area contributed by atoms with E-state index in [0.717, 1.165) is 12.8 Å². The summed E-state index contributed by atoms with van der Waals surface area (Å²) in [6.07, 6.45) is 4.16. The van der Waals surface area contributed by atoms with E-state index in [4.69, 9.17) is 20.9 Å². The fourth-order valence-electron chi connectivity index (χ4n) is 2.89. The van der Waals surface area contributed by atoms with Crippen LogP contribution in [-0.2, 0) is 4.79 Å². The third kappa shape index (κ3) is 5.03. The number of carbonyl (C=O) groups is 2. The molecule has 2 amide bonds. The highest BCUT2D eigenvalue weighted by atomic mass is 16.5. The molecule has 6 N–H and O–H groups in total. The Morgan fingerprint density at radius 3 is 2.52 bits per heavy atom. The van der Waals surface area contributed by atoms with Crippen LogP contribution in [0.15, 0.2) is 24.4 Å². The molecule has 2 aromatic rings. The zero-order valence-electron chi connectivity index (χ0n) is 16.3. The van der Waals surface area contributed by atoms with Crippen LogP contribution in [0.3, 0.4) is 0 Å². The van der Waals surface area contributed by atoms with Crippen molar-refractivity contribution in [3.05, 3.63) is 30.1 Å². The molecule has 10 heteroatoms. The summed E-state index contributed by atoms with van der Waals surface area (Å²) in [5, 5.41) is 6.01. The molecule has 1 atom stereocenters. The van der Waals surface area contributed by atoms with Crippen LogP contribution in [0.25, 0.3) is 0 Å². The van der Waals surface area contributed by atoms with Gasteiger partial charge in [0.15, 0.2) is 23.0 Å².